The molecule has 4 heteroatoms. The zero-order valence-electron chi connectivity index (χ0n) is 26.0. The third-order valence-corrected chi connectivity index (χ3v) is 9.37. The average Bonchev–Trinajstić information content (AvgIpc) is 3.69. The molecule has 1 aliphatic rings. The van der Waals surface area contributed by atoms with Crippen LogP contribution in [0.25, 0.3) is 62.1 Å². The second kappa shape index (κ2) is 11.7. The SMILES string of the molecule is CCc1ccc(-c2ccccc2[N+](=O)[O-])c(-c2ccccc2)c1C1C=c2c(n(-c3ccccc3-c3ccccc3)c3ccccc23)=C1. The van der Waals surface area contributed by atoms with Crippen molar-refractivity contribution in [1.82, 2.24) is 4.57 Å². The molecule has 8 rings (SSSR count). The van der Waals surface area contributed by atoms with E-state index in [1.807, 2.05) is 30.3 Å². The lowest BCUT2D eigenvalue weighted by atomic mass is 9.81. The number of hydrogen-bond acceptors (Lipinski definition) is 2. The van der Waals surface area contributed by atoms with Crippen LogP contribution in [-0.2, 0) is 6.42 Å². The summed E-state index contributed by atoms with van der Waals surface area (Å²) in [5, 5.41) is 15.8. The van der Waals surface area contributed by atoms with Crippen LogP contribution in [0.2, 0.25) is 0 Å². The molecule has 1 unspecified atom stereocenters. The van der Waals surface area contributed by atoms with Gasteiger partial charge < -0.3 is 4.57 Å². The van der Waals surface area contributed by atoms with Crippen LogP contribution in [0, 0.1) is 10.1 Å². The minimum absolute atomic E-state index is 0.0346. The van der Waals surface area contributed by atoms with E-state index in [0.717, 1.165) is 34.1 Å². The van der Waals surface area contributed by atoms with Crippen LogP contribution in [0.1, 0.15) is 24.0 Å². The number of rotatable bonds is 7. The first-order chi connectivity index (χ1) is 23.1. The fourth-order valence-corrected chi connectivity index (χ4v) is 7.33. The van der Waals surface area contributed by atoms with Crippen molar-refractivity contribution in [3.8, 4) is 39.1 Å². The van der Waals surface area contributed by atoms with Gasteiger partial charge in [-0.2, -0.15) is 0 Å². The van der Waals surface area contributed by atoms with E-state index in [2.05, 4.69) is 127 Å². The lowest BCUT2D eigenvalue weighted by molar-refractivity contribution is -0.384. The molecule has 1 aliphatic carbocycles. The van der Waals surface area contributed by atoms with Crippen molar-refractivity contribution in [3.05, 3.63) is 177 Å². The number of hydrogen-bond donors (Lipinski definition) is 0. The molecule has 0 saturated carbocycles. The Balaban J connectivity index is 1.43. The van der Waals surface area contributed by atoms with Gasteiger partial charge in [-0.1, -0.05) is 134 Å². The summed E-state index contributed by atoms with van der Waals surface area (Å²) in [7, 11) is 0. The van der Waals surface area contributed by atoms with Gasteiger partial charge in [0.1, 0.15) is 0 Å². The zero-order chi connectivity index (χ0) is 31.9. The van der Waals surface area contributed by atoms with Crippen molar-refractivity contribution in [3.63, 3.8) is 0 Å². The second-order valence-electron chi connectivity index (χ2n) is 11.9. The molecule has 226 valence electrons. The van der Waals surface area contributed by atoms with Gasteiger partial charge in [-0.25, -0.2) is 0 Å². The monoisotopic (exact) mass is 608 g/mol. The third kappa shape index (κ3) is 4.77. The Kier molecular flexibility index (Phi) is 7.11. The lowest BCUT2D eigenvalue weighted by Crippen LogP contribution is -2.25. The first kappa shape index (κ1) is 28.5. The molecule has 0 N–H and O–H groups in total. The normalized spacial score (nSPS) is 13.6. The molecule has 7 aromatic rings. The molecule has 0 fully saturated rings. The van der Waals surface area contributed by atoms with Gasteiger partial charge in [-0.3, -0.25) is 10.1 Å². The Morgan fingerprint density at radius 3 is 2.02 bits per heavy atom. The Hall–Kier alpha value is -6.00. The number of nitrogens with zero attached hydrogens (tertiary/aromatic N) is 2. The van der Waals surface area contributed by atoms with Crippen LogP contribution in [0.4, 0.5) is 5.69 Å². The highest BCUT2D eigenvalue weighted by Crippen LogP contribution is 2.44. The summed E-state index contributed by atoms with van der Waals surface area (Å²) in [5.41, 5.74) is 10.8. The van der Waals surface area contributed by atoms with Gasteiger partial charge in [0.25, 0.3) is 5.69 Å². The standard InChI is InChI=1S/C43H32N2O2/c1-2-29-25-26-36(34-20-11-14-24-40(34)45(46)47)43(31-17-7-4-8-18-31)42(29)32-27-37-35-21-10-13-23-39(35)44(41(37)28-32)38-22-12-9-19-33(38)30-15-5-3-6-16-30/h3-28,32H,2H2,1H3. The molecule has 1 atom stereocenters. The summed E-state index contributed by atoms with van der Waals surface area (Å²) in [4.78, 5) is 12.0. The number of aromatic nitrogens is 1. The maximum atomic E-state index is 12.2. The van der Waals surface area contributed by atoms with Gasteiger partial charge in [-0.05, 0) is 64.1 Å². The second-order valence-corrected chi connectivity index (χ2v) is 11.9. The van der Waals surface area contributed by atoms with Gasteiger partial charge >= 0.3 is 0 Å². The summed E-state index contributed by atoms with van der Waals surface area (Å²) in [6, 6.07) is 49.4. The molecule has 1 heterocycles. The summed E-state index contributed by atoms with van der Waals surface area (Å²) in [6.45, 7) is 2.19. The predicted octanol–water partition coefficient (Wildman–Crippen LogP) is 9.46. The van der Waals surface area contributed by atoms with Gasteiger partial charge in [-0.15, -0.1) is 0 Å². The number of fused-ring (bicyclic) bond motifs is 3. The van der Waals surface area contributed by atoms with Gasteiger partial charge in [0.2, 0.25) is 0 Å². The molecule has 6 aromatic carbocycles. The molecule has 0 radical (unpaired) electrons. The molecule has 0 bridgehead atoms. The molecular weight excluding hydrogens is 576 g/mol. The summed E-state index contributed by atoms with van der Waals surface area (Å²) in [5.74, 6) is -0.0346. The van der Waals surface area contributed by atoms with E-state index in [9.17, 15) is 10.1 Å². The number of nitro benzene ring substituents is 1. The highest BCUT2D eigenvalue weighted by atomic mass is 16.6. The fourth-order valence-electron chi connectivity index (χ4n) is 7.33. The maximum absolute atomic E-state index is 12.2. The van der Waals surface area contributed by atoms with E-state index < -0.39 is 0 Å². The molecule has 4 nitrogen and oxygen atoms in total. The number of nitro groups is 1. The van der Waals surface area contributed by atoms with Gasteiger partial charge in [0, 0.05) is 28.2 Å². The van der Waals surface area contributed by atoms with Crippen LogP contribution in [0.3, 0.4) is 0 Å². The molecule has 0 saturated heterocycles. The zero-order valence-corrected chi connectivity index (χ0v) is 26.0. The predicted molar refractivity (Wildman–Crippen MR) is 193 cm³/mol. The Morgan fingerprint density at radius 2 is 1.28 bits per heavy atom. The first-order valence-corrected chi connectivity index (χ1v) is 16.1. The third-order valence-electron chi connectivity index (χ3n) is 9.37. The Morgan fingerprint density at radius 1 is 0.638 bits per heavy atom. The molecule has 47 heavy (non-hydrogen) atoms. The number of aryl methyl sites for hydroxylation is 1. The molecule has 0 aliphatic heterocycles. The largest absolute Gasteiger partial charge is 0.309 e. The van der Waals surface area contributed by atoms with Crippen LogP contribution in [-0.4, -0.2) is 9.49 Å². The Labute approximate surface area is 273 Å². The maximum Gasteiger partial charge on any atom is 0.277 e. The topological polar surface area (TPSA) is 48.1 Å². The van der Waals surface area contributed by atoms with Crippen molar-refractivity contribution in [1.29, 1.82) is 0 Å². The fraction of sp³-hybridized carbons (Fsp3) is 0.0698. The highest BCUT2D eigenvalue weighted by Gasteiger charge is 2.27. The van der Waals surface area contributed by atoms with Gasteiger partial charge in [0.05, 0.1) is 27.0 Å². The van der Waals surface area contributed by atoms with Crippen molar-refractivity contribution in [2.75, 3.05) is 0 Å². The quantitative estimate of drug-likeness (QED) is 0.134. The van der Waals surface area contributed by atoms with E-state index in [1.165, 1.54) is 38.4 Å². The lowest BCUT2D eigenvalue weighted by Gasteiger charge is -2.22. The highest BCUT2D eigenvalue weighted by molar-refractivity contribution is 5.93. The first-order valence-electron chi connectivity index (χ1n) is 16.1. The van der Waals surface area contributed by atoms with Crippen LogP contribution in [0.5, 0.6) is 0 Å². The van der Waals surface area contributed by atoms with E-state index >= 15 is 0 Å². The van der Waals surface area contributed by atoms with Crippen LogP contribution >= 0.6 is 0 Å². The van der Waals surface area contributed by atoms with E-state index in [-0.39, 0.29) is 16.5 Å². The van der Waals surface area contributed by atoms with Crippen molar-refractivity contribution in [2.45, 2.75) is 19.3 Å². The van der Waals surface area contributed by atoms with E-state index in [1.54, 1.807) is 12.1 Å². The van der Waals surface area contributed by atoms with Crippen molar-refractivity contribution in [2.24, 2.45) is 0 Å². The van der Waals surface area contributed by atoms with E-state index in [4.69, 9.17) is 0 Å². The van der Waals surface area contributed by atoms with Gasteiger partial charge in [0.15, 0.2) is 0 Å². The summed E-state index contributed by atoms with van der Waals surface area (Å²) < 4.78 is 2.41. The summed E-state index contributed by atoms with van der Waals surface area (Å²) in [6.07, 6.45) is 5.62. The Bertz CT molecular complexity index is 2420. The van der Waals surface area contributed by atoms with Crippen LogP contribution in [0.15, 0.2) is 146 Å². The van der Waals surface area contributed by atoms with Crippen molar-refractivity contribution < 1.29 is 4.92 Å². The average molecular weight is 609 g/mol. The molecule has 0 spiro atoms. The molecule has 1 aromatic heterocycles. The smallest absolute Gasteiger partial charge is 0.277 e. The van der Waals surface area contributed by atoms with Crippen LogP contribution < -0.4 is 10.6 Å². The van der Waals surface area contributed by atoms with E-state index in [0.29, 0.717) is 5.56 Å². The van der Waals surface area contributed by atoms with Crippen molar-refractivity contribution >= 4 is 28.7 Å². The number of para-hydroxylation sites is 3. The molecular formula is C43H32N2O2. The number of benzene rings is 6. The summed E-state index contributed by atoms with van der Waals surface area (Å²) >= 11 is 0. The minimum Gasteiger partial charge on any atom is -0.309 e. The molecule has 0 amide bonds. The minimum atomic E-state index is -0.277.